The highest BCUT2D eigenvalue weighted by molar-refractivity contribution is 7.47. The molecule has 0 bridgehead atoms. The van der Waals surface area contributed by atoms with Crippen molar-refractivity contribution in [1.82, 2.24) is 0 Å². The lowest BCUT2D eigenvalue weighted by Crippen LogP contribution is -2.30. The number of phosphoric ester groups is 2. The van der Waals surface area contributed by atoms with E-state index in [0.717, 1.165) is 102 Å². The highest BCUT2D eigenvalue weighted by Gasteiger charge is 2.30. The van der Waals surface area contributed by atoms with Gasteiger partial charge in [0.15, 0.2) is 12.2 Å². The molecule has 19 heteroatoms. The van der Waals surface area contributed by atoms with Gasteiger partial charge in [0.1, 0.15) is 19.3 Å². The van der Waals surface area contributed by atoms with Crippen LogP contribution in [-0.4, -0.2) is 96.7 Å². The molecule has 0 aromatic carbocycles. The minimum Gasteiger partial charge on any atom is -0.462 e. The van der Waals surface area contributed by atoms with Crippen molar-refractivity contribution in [3.05, 3.63) is 0 Å². The SMILES string of the molecule is CCCCCCCCCCCCCCCCCCCCCCCC(=O)O[C@H](COC(=O)CCCCCCCCCCCCCCCC)COP(=O)(O)OC[C@@H](O)COP(=O)(O)OC[C@@H](COC(=O)CCCCCCCCC(C)C)OC(=O)CCCCCCCCCCC(C)C. The number of carbonyl (C=O) groups is 4. The molecule has 0 aliphatic heterocycles. The summed E-state index contributed by atoms with van der Waals surface area (Å²) in [4.78, 5) is 72.7. The summed E-state index contributed by atoms with van der Waals surface area (Å²) in [6.45, 7) is 9.46. The molecule has 0 spiro atoms. The number of unbranched alkanes of at least 4 members (excludes halogenated alkanes) is 45. The summed E-state index contributed by atoms with van der Waals surface area (Å²) in [5, 5.41) is 10.6. The number of rotatable bonds is 75. The van der Waals surface area contributed by atoms with Crippen molar-refractivity contribution in [3.8, 4) is 0 Å². The van der Waals surface area contributed by atoms with Gasteiger partial charge in [-0.15, -0.1) is 0 Å². The molecule has 2 unspecified atom stereocenters. The van der Waals surface area contributed by atoms with Crippen LogP contribution in [0.1, 0.15) is 395 Å². The van der Waals surface area contributed by atoms with Crippen molar-refractivity contribution in [2.24, 2.45) is 11.8 Å². The minimum atomic E-state index is -4.96. The van der Waals surface area contributed by atoms with E-state index in [0.29, 0.717) is 31.6 Å². The molecule has 5 atom stereocenters. The predicted molar refractivity (Wildman–Crippen MR) is 386 cm³/mol. The molecule has 0 saturated carbocycles. The Kier molecular flexibility index (Phi) is 66.5. The monoisotopic (exact) mass is 1400 g/mol. The molecule has 0 fully saturated rings. The number of carbonyl (C=O) groups excluding carboxylic acids is 4. The highest BCUT2D eigenvalue weighted by atomic mass is 31.2. The molecule has 0 amide bonds. The lowest BCUT2D eigenvalue weighted by Gasteiger charge is -2.21. The Hall–Kier alpha value is -1.94. The lowest BCUT2D eigenvalue weighted by molar-refractivity contribution is -0.161. The molecule has 0 aromatic rings. The molecule has 564 valence electrons. The Bertz CT molecular complexity index is 1840. The second kappa shape index (κ2) is 67.9. The molecular formula is C76H148O17P2. The number of hydrogen-bond acceptors (Lipinski definition) is 15. The molecule has 3 N–H and O–H groups in total. The van der Waals surface area contributed by atoms with Crippen LogP contribution in [0.4, 0.5) is 0 Å². The van der Waals surface area contributed by atoms with Crippen LogP contribution in [0.5, 0.6) is 0 Å². The second-order valence-corrected chi connectivity index (χ2v) is 31.3. The van der Waals surface area contributed by atoms with Crippen molar-refractivity contribution >= 4 is 39.5 Å². The van der Waals surface area contributed by atoms with Crippen LogP contribution in [0, 0.1) is 11.8 Å². The Labute approximate surface area is 581 Å². The molecule has 95 heavy (non-hydrogen) atoms. The van der Waals surface area contributed by atoms with E-state index in [1.165, 1.54) is 205 Å². The van der Waals surface area contributed by atoms with Crippen LogP contribution >= 0.6 is 15.6 Å². The van der Waals surface area contributed by atoms with Gasteiger partial charge in [0.05, 0.1) is 26.4 Å². The number of phosphoric acid groups is 2. The zero-order valence-corrected chi connectivity index (χ0v) is 63.8. The Balaban J connectivity index is 5.19. The summed E-state index contributed by atoms with van der Waals surface area (Å²) < 4.78 is 68.4. The van der Waals surface area contributed by atoms with Crippen molar-refractivity contribution in [1.29, 1.82) is 0 Å². The van der Waals surface area contributed by atoms with Gasteiger partial charge in [0, 0.05) is 25.7 Å². The first kappa shape index (κ1) is 93.1. The Morgan fingerprint density at radius 2 is 0.484 bits per heavy atom. The first-order chi connectivity index (χ1) is 45.9. The zero-order chi connectivity index (χ0) is 70.0. The van der Waals surface area contributed by atoms with Gasteiger partial charge >= 0.3 is 39.5 Å². The standard InChI is InChI=1S/C76H148O17P2/c1-7-9-11-13-15-17-19-21-23-24-25-26-27-28-29-31-33-35-40-48-54-60-75(80)92-71(64-86-73(78)58-52-46-39-34-32-30-22-20-18-16-14-12-10-8-2)66-90-94(82,83)88-62-70(77)63-89-95(84,85)91-67-72(65-87-74(79)59-53-47-43-42-45-51-57-69(5)6)93-76(81)61-55-49-41-37-36-38-44-50-56-68(3)4/h68-72,77H,7-67H2,1-6H3,(H,82,83)(H,84,85)/t70-,71-,72-/m1/s1. The third-order valence-electron chi connectivity index (χ3n) is 17.7. The van der Waals surface area contributed by atoms with Crippen LogP contribution in [0.3, 0.4) is 0 Å². The average molecular weight is 1400 g/mol. The summed E-state index contributed by atoms with van der Waals surface area (Å²) in [7, 11) is -9.91. The lowest BCUT2D eigenvalue weighted by atomic mass is 10.0. The first-order valence-electron chi connectivity index (χ1n) is 39.5. The molecule has 17 nitrogen and oxygen atoms in total. The molecule has 0 aliphatic rings. The van der Waals surface area contributed by atoms with E-state index < -0.39 is 97.5 Å². The fourth-order valence-electron chi connectivity index (χ4n) is 11.7. The van der Waals surface area contributed by atoms with E-state index in [2.05, 4.69) is 41.5 Å². The van der Waals surface area contributed by atoms with E-state index in [4.69, 9.17) is 37.0 Å². The third kappa shape index (κ3) is 70.3. The fraction of sp³-hybridized carbons (Fsp3) is 0.947. The number of ether oxygens (including phenoxy) is 4. The molecule has 0 saturated heterocycles. The summed E-state index contributed by atoms with van der Waals surface area (Å²) in [5.74, 6) is -0.723. The van der Waals surface area contributed by atoms with Crippen LogP contribution in [0.25, 0.3) is 0 Å². The normalized spacial score (nSPS) is 14.0. The summed E-state index contributed by atoms with van der Waals surface area (Å²) in [6.07, 6.45) is 55.9. The van der Waals surface area contributed by atoms with Gasteiger partial charge in [0.2, 0.25) is 0 Å². The summed E-state index contributed by atoms with van der Waals surface area (Å²) in [5.41, 5.74) is 0. The van der Waals surface area contributed by atoms with Gasteiger partial charge in [-0.1, -0.05) is 343 Å². The predicted octanol–water partition coefficient (Wildman–Crippen LogP) is 22.3. The molecule has 0 aromatic heterocycles. The van der Waals surface area contributed by atoms with E-state index >= 15 is 0 Å². The molecule has 0 aliphatic carbocycles. The maximum atomic E-state index is 13.1. The van der Waals surface area contributed by atoms with Gasteiger partial charge in [-0.25, -0.2) is 9.13 Å². The topological polar surface area (TPSA) is 237 Å². The average Bonchev–Trinajstić information content (AvgIpc) is 1.62. The van der Waals surface area contributed by atoms with Crippen molar-refractivity contribution in [2.45, 2.75) is 413 Å². The Morgan fingerprint density at radius 1 is 0.284 bits per heavy atom. The van der Waals surface area contributed by atoms with Gasteiger partial charge in [-0.05, 0) is 37.5 Å². The van der Waals surface area contributed by atoms with Crippen LogP contribution in [-0.2, 0) is 65.4 Å². The van der Waals surface area contributed by atoms with Gasteiger partial charge in [-0.3, -0.25) is 37.3 Å². The second-order valence-electron chi connectivity index (χ2n) is 28.3. The highest BCUT2D eigenvalue weighted by Crippen LogP contribution is 2.45. The first-order valence-corrected chi connectivity index (χ1v) is 42.5. The van der Waals surface area contributed by atoms with Gasteiger partial charge in [0.25, 0.3) is 0 Å². The molecule has 0 heterocycles. The van der Waals surface area contributed by atoms with Crippen molar-refractivity contribution in [3.63, 3.8) is 0 Å². The maximum Gasteiger partial charge on any atom is 0.472 e. The minimum absolute atomic E-state index is 0.104. The maximum absolute atomic E-state index is 13.1. The van der Waals surface area contributed by atoms with Gasteiger partial charge in [-0.2, -0.15) is 0 Å². The van der Waals surface area contributed by atoms with Crippen LogP contribution in [0.2, 0.25) is 0 Å². The van der Waals surface area contributed by atoms with E-state index in [1.807, 2.05) is 0 Å². The third-order valence-corrected chi connectivity index (χ3v) is 19.6. The fourth-order valence-corrected chi connectivity index (χ4v) is 13.2. The molecular weight excluding hydrogens is 1250 g/mol. The number of esters is 4. The summed E-state index contributed by atoms with van der Waals surface area (Å²) in [6, 6.07) is 0. The van der Waals surface area contributed by atoms with E-state index in [1.54, 1.807) is 0 Å². The number of aliphatic hydroxyl groups is 1. The van der Waals surface area contributed by atoms with Crippen LogP contribution in [0.15, 0.2) is 0 Å². The summed E-state index contributed by atoms with van der Waals surface area (Å²) >= 11 is 0. The van der Waals surface area contributed by atoms with E-state index in [-0.39, 0.29) is 25.7 Å². The van der Waals surface area contributed by atoms with Crippen molar-refractivity contribution < 1.29 is 80.2 Å². The number of aliphatic hydroxyl groups excluding tert-OH is 1. The molecule has 0 radical (unpaired) electrons. The van der Waals surface area contributed by atoms with Crippen molar-refractivity contribution in [2.75, 3.05) is 39.6 Å². The van der Waals surface area contributed by atoms with Gasteiger partial charge < -0.3 is 33.8 Å². The van der Waals surface area contributed by atoms with E-state index in [9.17, 15) is 43.2 Å². The zero-order valence-electron chi connectivity index (χ0n) is 62.0. The largest absolute Gasteiger partial charge is 0.472 e. The van der Waals surface area contributed by atoms with Crippen LogP contribution < -0.4 is 0 Å². The Morgan fingerprint density at radius 3 is 0.716 bits per heavy atom. The smallest absolute Gasteiger partial charge is 0.462 e. The number of hydrogen-bond donors (Lipinski definition) is 3. The molecule has 0 rings (SSSR count). The quantitative estimate of drug-likeness (QED) is 0.0222.